The molecule has 38 heavy (non-hydrogen) atoms. The molecule has 0 spiro atoms. The van der Waals surface area contributed by atoms with Crippen LogP contribution in [0, 0.1) is 0 Å². The summed E-state index contributed by atoms with van der Waals surface area (Å²) in [5.41, 5.74) is 5.76. The summed E-state index contributed by atoms with van der Waals surface area (Å²) in [6.07, 6.45) is 0. The third kappa shape index (κ3) is 9.03. The molecule has 1 aromatic carbocycles. The summed E-state index contributed by atoms with van der Waals surface area (Å²) in [4.78, 5) is 0. The zero-order chi connectivity index (χ0) is 30.7. The fourth-order valence-corrected chi connectivity index (χ4v) is 35.7. The summed E-state index contributed by atoms with van der Waals surface area (Å²) in [6, 6.07) is 5.03. The summed E-state index contributed by atoms with van der Waals surface area (Å²) < 4.78 is 8.13. The van der Waals surface area contributed by atoms with Crippen LogP contribution in [-0.4, -0.2) is 31.0 Å². The van der Waals surface area contributed by atoms with Crippen molar-refractivity contribution >= 4 is 41.0 Å². The Morgan fingerprint density at radius 3 is 1.08 bits per heavy atom. The van der Waals surface area contributed by atoms with Gasteiger partial charge in [0, 0.05) is 0 Å². The Morgan fingerprint density at radius 1 is 0.553 bits per heavy atom. The van der Waals surface area contributed by atoms with Gasteiger partial charge in [-0.2, -0.15) is 0 Å². The number of rotatable bonds is 4. The zero-order valence-electron chi connectivity index (χ0n) is 29.5. The van der Waals surface area contributed by atoms with Gasteiger partial charge in [-0.1, -0.05) is 160 Å². The molecule has 0 heterocycles. The van der Waals surface area contributed by atoms with Gasteiger partial charge in [-0.25, -0.2) is 4.74 Å². The molecule has 1 nitrogen and oxygen atoms in total. The second kappa shape index (κ2) is 11.0. The molecule has 220 valence electrons. The molecule has 1 rings (SSSR count). The normalized spacial score (nSPS) is 15.4. The Bertz CT molecular complexity index is 1020. The van der Waals surface area contributed by atoms with Gasteiger partial charge in [0.15, 0.2) is 0 Å². The molecule has 0 amide bonds. The van der Waals surface area contributed by atoms with Crippen LogP contribution in [-0.2, 0) is 16.2 Å². The van der Waals surface area contributed by atoms with Crippen LogP contribution in [0.4, 0.5) is 5.69 Å². The first kappa shape index (κ1) is 36.1. The predicted octanol–water partition coefficient (Wildman–Crippen LogP) is 12.8. The van der Waals surface area contributed by atoms with E-state index in [-0.39, 0.29) is 26.6 Å². The minimum absolute atomic E-state index is 0.0196. The van der Waals surface area contributed by atoms with Crippen LogP contribution in [0.25, 0.3) is 0 Å². The lowest BCUT2D eigenvalue weighted by Crippen LogP contribution is -2.49. The minimum Gasteiger partial charge on any atom is -0.234 e. The van der Waals surface area contributed by atoms with Gasteiger partial charge in [-0.3, -0.25) is 0 Å². The Morgan fingerprint density at radius 2 is 0.868 bits per heavy atom. The van der Waals surface area contributed by atoms with E-state index in [1.807, 2.05) is 4.54 Å². The monoisotopic (exact) mass is 593 g/mol. The molecular formula is C33H65NP2Si2. The molecule has 1 aromatic rings. The Kier molecular flexibility index (Phi) is 10.5. The molecule has 1 atom stereocenters. The molecular weight excluding hydrogens is 528 g/mol. The van der Waals surface area contributed by atoms with Crippen molar-refractivity contribution in [2.24, 2.45) is 4.74 Å². The summed E-state index contributed by atoms with van der Waals surface area (Å²) in [5, 5.41) is 0.449. The summed E-state index contributed by atoms with van der Waals surface area (Å²) >= 11 is 0. The smallest absolute Gasteiger partial charge is 0.0749 e. The highest BCUT2D eigenvalue weighted by Crippen LogP contribution is 2.74. The first-order chi connectivity index (χ1) is 16.3. The molecule has 1 unspecified atom stereocenters. The molecule has 0 aliphatic heterocycles. The van der Waals surface area contributed by atoms with Crippen LogP contribution in [0.2, 0.25) is 39.3 Å². The summed E-state index contributed by atoms with van der Waals surface area (Å²) in [6.45, 7) is 52.0. The largest absolute Gasteiger partial charge is 0.234 e. The lowest BCUT2D eigenvalue weighted by Gasteiger charge is -2.43. The number of hydrogen-bond acceptors (Lipinski definition) is 1. The van der Waals surface area contributed by atoms with Gasteiger partial charge in [0.05, 0.1) is 21.8 Å². The molecule has 0 radical (unpaired) electrons. The molecule has 0 aliphatic rings. The van der Waals surface area contributed by atoms with Crippen molar-refractivity contribution in [3.8, 4) is 0 Å². The van der Waals surface area contributed by atoms with Crippen LogP contribution >= 0.6 is 14.6 Å². The van der Waals surface area contributed by atoms with Gasteiger partial charge in [-0.05, 0) is 57.9 Å². The topological polar surface area (TPSA) is 12.4 Å². The van der Waals surface area contributed by atoms with Gasteiger partial charge in [0.25, 0.3) is 0 Å². The van der Waals surface area contributed by atoms with Crippen molar-refractivity contribution < 1.29 is 0 Å². The Labute approximate surface area is 243 Å². The average Bonchev–Trinajstić information content (AvgIpc) is 2.53. The molecule has 0 aromatic heterocycles. The fraction of sp³-hybridized carbons (Fsp3) is 0.788. The molecule has 0 saturated heterocycles. The Hall–Kier alpha value is 0.0538. The third-order valence-corrected chi connectivity index (χ3v) is 29.9. The second-order valence-electron chi connectivity index (χ2n) is 18.6. The second-order valence-corrected chi connectivity index (χ2v) is 36.8. The third-order valence-electron chi connectivity index (χ3n) is 6.87. The predicted molar refractivity (Wildman–Crippen MR) is 190 cm³/mol. The van der Waals surface area contributed by atoms with E-state index in [0.29, 0.717) is 0 Å². The van der Waals surface area contributed by atoms with E-state index >= 15 is 0 Å². The van der Waals surface area contributed by atoms with Crippen LogP contribution < -0.4 is 0 Å². The van der Waals surface area contributed by atoms with Crippen LogP contribution in [0.5, 0.6) is 0 Å². The van der Waals surface area contributed by atoms with Crippen molar-refractivity contribution in [1.82, 2.24) is 0 Å². The summed E-state index contributed by atoms with van der Waals surface area (Å²) in [5.74, 6) is 0. The van der Waals surface area contributed by atoms with E-state index in [1.165, 1.54) is 22.4 Å². The lowest BCUT2D eigenvalue weighted by molar-refractivity contribution is 0.550. The maximum atomic E-state index is 6.21. The van der Waals surface area contributed by atoms with Gasteiger partial charge >= 0.3 is 0 Å². The number of benzene rings is 1. The first-order valence-corrected chi connectivity index (χ1v) is 25.0. The maximum Gasteiger partial charge on any atom is 0.0749 e. The van der Waals surface area contributed by atoms with E-state index in [9.17, 15) is 0 Å². The highest BCUT2D eigenvalue weighted by Gasteiger charge is 2.42. The van der Waals surface area contributed by atoms with E-state index < -0.39 is 30.8 Å². The lowest BCUT2D eigenvalue weighted by atomic mass is 9.74. The summed E-state index contributed by atoms with van der Waals surface area (Å²) in [7, 11) is -4.24. The number of hydrogen-bond donors (Lipinski definition) is 0. The standard InChI is InChI=1S/C33H65NP2Si2/c1-29(2,3)24-22-25(30(4,5)6)27(26(23-24)31(7,8)9)34-35(28(37(16,17)18)38(19,20)21)36(32(10,11)12)33(13,14)15/h22-23H,1-21H3. The number of nitrogens with zero attached hydrogens (tertiary/aromatic N) is 1. The van der Waals surface area contributed by atoms with Crippen LogP contribution in [0.15, 0.2) is 16.9 Å². The van der Waals surface area contributed by atoms with Gasteiger partial charge in [0.2, 0.25) is 0 Å². The van der Waals surface area contributed by atoms with Crippen molar-refractivity contribution in [2.45, 2.75) is 170 Å². The van der Waals surface area contributed by atoms with E-state index in [1.54, 1.807) is 0 Å². The highest BCUT2D eigenvalue weighted by atomic mass is 32.1. The first-order valence-electron chi connectivity index (χ1n) is 14.7. The van der Waals surface area contributed by atoms with Crippen molar-refractivity contribution in [2.75, 3.05) is 0 Å². The van der Waals surface area contributed by atoms with E-state index in [0.717, 1.165) is 0 Å². The molecule has 0 saturated carbocycles. The quantitative estimate of drug-likeness (QED) is 0.243. The van der Waals surface area contributed by atoms with Gasteiger partial charge in [-0.15, -0.1) is 0 Å². The maximum absolute atomic E-state index is 6.21. The molecule has 5 heteroatoms. The molecule has 0 fully saturated rings. The van der Waals surface area contributed by atoms with Gasteiger partial charge in [0.1, 0.15) is 0 Å². The van der Waals surface area contributed by atoms with E-state index in [4.69, 9.17) is 4.74 Å². The van der Waals surface area contributed by atoms with Gasteiger partial charge < -0.3 is 0 Å². The van der Waals surface area contributed by atoms with Crippen molar-refractivity contribution in [1.29, 1.82) is 0 Å². The Balaban J connectivity index is 4.80. The molecule has 0 N–H and O–H groups in total. The van der Waals surface area contributed by atoms with Crippen LogP contribution in [0.1, 0.15) is 121 Å². The van der Waals surface area contributed by atoms with Crippen molar-refractivity contribution in [3.05, 3.63) is 28.8 Å². The average molecular weight is 594 g/mol. The van der Waals surface area contributed by atoms with Crippen molar-refractivity contribution in [3.63, 3.8) is 0 Å². The minimum atomic E-state index is -1.60. The van der Waals surface area contributed by atoms with Crippen LogP contribution in [0.3, 0.4) is 0 Å². The highest BCUT2D eigenvalue weighted by molar-refractivity contribution is 8.28. The zero-order valence-corrected chi connectivity index (χ0v) is 33.3. The van der Waals surface area contributed by atoms with E-state index in [2.05, 4.69) is 155 Å². The SMILES string of the molecule is CC(C)(C)c1cc(C(C)(C)C)c(N=P(=C([Si](C)(C)C)[Si](C)(C)C)P(C(C)(C)C)C(C)(C)C)c(C(C)(C)C)c1. The molecule has 0 bridgehead atoms. The molecule has 0 aliphatic carbocycles. The fourth-order valence-electron chi connectivity index (χ4n) is 5.91.